The Bertz CT molecular complexity index is 778. The molecule has 1 aromatic carbocycles. The van der Waals surface area contributed by atoms with E-state index in [-0.39, 0.29) is 24.2 Å². The molecule has 0 radical (unpaired) electrons. The van der Waals surface area contributed by atoms with Gasteiger partial charge in [-0.15, -0.1) is 0 Å². The van der Waals surface area contributed by atoms with Crippen LogP contribution in [0.3, 0.4) is 0 Å². The summed E-state index contributed by atoms with van der Waals surface area (Å²) in [5.41, 5.74) is 10.1. The van der Waals surface area contributed by atoms with Crippen molar-refractivity contribution in [3.8, 4) is 0 Å². The van der Waals surface area contributed by atoms with Crippen molar-refractivity contribution in [3.05, 3.63) is 40.3 Å². The number of benzene rings is 1. The van der Waals surface area contributed by atoms with E-state index < -0.39 is 18.0 Å². The smallest absolute Gasteiger partial charge is 0.246 e. The van der Waals surface area contributed by atoms with Gasteiger partial charge in [0.1, 0.15) is 12.1 Å². The Kier molecular flexibility index (Phi) is 12.6. The maximum absolute atomic E-state index is 12.7. The number of rotatable bonds is 13. The van der Waals surface area contributed by atoms with Gasteiger partial charge in [-0.3, -0.25) is 14.4 Å². The van der Waals surface area contributed by atoms with Crippen LogP contribution in [-0.2, 0) is 18.8 Å². The predicted molar refractivity (Wildman–Crippen MR) is 130 cm³/mol. The van der Waals surface area contributed by atoms with Gasteiger partial charge in [-0.25, -0.2) is 0 Å². The number of nitrogens with one attached hydrogen (secondary N) is 3. The minimum absolute atomic E-state index is 0.134. The van der Waals surface area contributed by atoms with Crippen LogP contribution >= 0.6 is 22.6 Å². The van der Waals surface area contributed by atoms with E-state index in [0.29, 0.717) is 18.7 Å². The van der Waals surface area contributed by atoms with Crippen molar-refractivity contribution >= 4 is 46.0 Å². The summed E-state index contributed by atoms with van der Waals surface area (Å²) in [4.78, 5) is 40.0. The number of carbonyl (C=O) groups is 3. The van der Waals surface area contributed by atoms with Gasteiger partial charge in [-0.1, -0.05) is 60.1 Å². The van der Waals surface area contributed by atoms with Gasteiger partial charge in [0.25, 0.3) is 0 Å². The van der Waals surface area contributed by atoms with Gasteiger partial charge in [0.2, 0.25) is 17.7 Å². The third kappa shape index (κ3) is 10.5. The second-order valence-electron chi connectivity index (χ2n) is 7.60. The predicted octanol–water partition coefficient (Wildman–Crippen LogP) is 4.08. The van der Waals surface area contributed by atoms with Gasteiger partial charge in [0.05, 0.1) is 0 Å². The van der Waals surface area contributed by atoms with Crippen molar-refractivity contribution < 1.29 is 14.4 Å². The van der Waals surface area contributed by atoms with E-state index in [0.717, 1.165) is 22.8 Å². The standard InChI is InChI=1S/C21H31IN6O3/c1-14(2)19(27-18(29)7-5-4-6-12-24-28-23)21(31)25-15(3)20(30)26-17-10-8-16(13-22)9-11-17/h8-11,14-15,19H,4-7,12-13H2,1-3H3,(H,25,31)(H,26,30)(H,27,29)/t15-,19-/m0/s1. The van der Waals surface area contributed by atoms with E-state index in [1.807, 2.05) is 38.1 Å². The molecule has 9 nitrogen and oxygen atoms in total. The molecule has 0 aromatic heterocycles. The zero-order chi connectivity index (χ0) is 23.2. The van der Waals surface area contributed by atoms with Crippen molar-refractivity contribution in [1.29, 1.82) is 0 Å². The first-order chi connectivity index (χ1) is 14.8. The third-order valence-electron chi connectivity index (χ3n) is 4.62. The number of alkyl halides is 1. The van der Waals surface area contributed by atoms with E-state index in [1.165, 1.54) is 0 Å². The molecule has 3 amide bonds. The number of azide groups is 1. The lowest BCUT2D eigenvalue weighted by Gasteiger charge is -2.24. The molecular formula is C21H31IN6O3. The van der Waals surface area contributed by atoms with Gasteiger partial charge in [0.15, 0.2) is 0 Å². The van der Waals surface area contributed by atoms with Crippen molar-refractivity contribution in [2.75, 3.05) is 11.9 Å². The highest BCUT2D eigenvalue weighted by molar-refractivity contribution is 14.1. The molecule has 0 aliphatic rings. The number of hydrogen-bond acceptors (Lipinski definition) is 4. The molecule has 0 unspecified atom stereocenters. The molecule has 1 aromatic rings. The van der Waals surface area contributed by atoms with Gasteiger partial charge in [-0.2, -0.15) is 0 Å². The SMILES string of the molecule is CC(C)[C@H](NC(=O)CCCCCN=[N+]=[N-])C(=O)N[C@@H](C)C(=O)Nc1ccc(CI)cc1. The molecule has 3 N–H and O–H groups in total. The van der Waals surface area contributed by atoms with Crippen LogP contribution in [0.25, 0.3) is 10.4 Å². The Morgan fingerprint density at radius 2 is 1.71 bits per heavy atom. The third-order valence-corrected chi connectivity index (χ3v) is 5.50. The fourth-order valence-electron chi connectivity index (χ4n) is 2.77. The number of nitrogens with zero attached hydrogens (tertiary/aromatic N) is 3. The summed E-state index contributed by atoms with van der Waals surface area (Å²) in [6.45, 7) is 5.69. The van der Waals surface area contributed by atoms with E-state index in [9.17, 15) is 14.4 Å². The fraction of sp³-hybridized carbons (Fsp3) is 0.571. The summed E-state index contributed by atoms with van der Waals surface area (Å²) in [6, 6.07) is 6.04. The van der Waals surface area contributed by atoms with Crippen LogP contribution in [0.2, 0.25) is 0 Å². The molecule has 0 aliphatic carbocycles. The van der Waals surface area contributed by atoms with Crippen molar-refractivity contribution in [3.63, 3.8) is 0 Å². The maximum atomic E-state index is 12.7. The van der Waals surface area contributed by atoms with Gasteiger partial charge < -0.3 is 16.0 Å². The Hall–Kier alpha value is -2.33. The van der Waals surface area contributed by atoms with Crippen LogP contribution in [-0.4, -0.2) is 36.3 Å². The zero-order valence-electron chi connectivity index (χ0n) is 18.2. The second kappa shape index (κ2) is 14.6. The first kappa shape index (κ1) is 26.7. The van der Waals surface area contributed by atoms with Crippen LogP contribution in [0.5, 0.6) is 0 Å². The first-order valence-electron chi connectivity index (χ1n) is 10.3. The number of unbranched alkanes of at least 4 members (excludes halogenated alkanes) is 2. The van der Waals surface area contributed by atoms with Gasteiger partial charge in [0, 0.05) is 28.0 Å². The van der Waals surface area contributed by atoms with Gasteiger partial charge >= 0.3 is 0 Å². The lowest BCUT2D eigenvalue weighted by molar-refractivity contribution is -0.131. The molecule has 31 heavy (non-hydrogen) atoms. The molecule has 0 saturated carbocycles. The largest absolute Gasteiger partial charge is 0.344 e. The van der Waals surface area contributed by atoms with Crippen molar-refractivity contribution in [2.24, 2.45) is 11.0 Å². The summed E-state index contributed by atoms with van der Waals surface area (Å²) in [5, 5.41) is 11.7. The monoisotopic (exact) mass is 542 g/mol. The Morgan fingerprint density at radius 3 is 2.29 bits per heavy atom. The number of carbonyl (C=O) groups excluding carboxylic acids is 3. The molecule has 0 aliphatic heterocycles. The Morgan fingerprint density at radius 1 is 1.03 bits per heavy atom. The summed E-state index contributed by atoms with van der Waals surface area (Å²) in [5.74, 6) is -1.07. The molecule has 0 fully saturated rings. The number of anilines is 1. The van der Waals surface area contributed by atoms with Crippen LogP contribution < -0.4 is 16.0 Å². The highest BCUT2D eigenvalue weighted by Crippen LogP contribution is 2.12. The molecule has 0 bridgehead atoms. The van der Waals surface area contributed by atoms with Crippen LogP contribution in [0.4, 0.5) is 5.69 Å². The normalized spacial score (nSPS) is 12.4. The Balaban J connectivity index is 2.52. The number of halogens is 1. The van der Waals surface area contributed by atoms with E-state index in [1.54, 1.807) is 6.92 Å². The van der Waals surface area contributed by atoms with Crippen LogP contribution in [0.15, 0.2) is 29.4 Å². The summed E-state index contributed by atoms with van der Waals surface area (Å²) in [6.07, 6.45) is 2.42. The topological polar surface area (TPSA) is 136 Å². The average Bonchev–Trinajstić information content (AvgIpc) is 2.74. The van der Waals surface area contributed by atoms with Crippen LogP contribution in [0.1, 0.15) is 52.0 Å². The Labute approximate surface area is 196 Å². The maximum Gasteiger partial charge on any atom is 0.246 e. The quantitative estimate of drug-likeness (QED) is 0.0866. The average molecular weight is 542 g/mol. The minimum atomic E-state index is -0.754. The summed E-state index contributed by atoms with van der Waals surface area (Å²) < 4.78 is 0.885. The summed E-state index contributed by atoms with van der Waals surface area (Å²) in [7, 11) is 0. The molecule has 0 spiro atoms. The fourth-order valence-corrected chi connectivity index (χ4v) is 3.28. The van der Waals surface area contributed by atoms with Gasteiger partial charge in [-0.05, 0) is 48.9 Å². The minimum Gasteiger partial charge on any atom is -0.344 e. The van der Waals surface area contributed by atoms with Crippen molar-refractivity contribution in [1.82, 2.24) is 10.6 Å². The van der Waals surface area contributed by atoms with E-state index in [4.69, 9.17) is 5.53 Å². The number of hydrogen-bond donors (Lipinski definition) is 3. The molecule has 1 rings (SSSR count). The second-order valence-corrected chi connectivity index (χ2v) is 8.37. The molecule has 0 heterocycles. The lowest BCUT2D eigenvalue weighted by Crippen LogP contribution is -2.53. The summed E-state index contributed by atoms with van der Waals surface area (Å²) >= 11 is 2.27. The molecule has 170 valence electrons. The molecule has 2 atom stereocenters. The highest BCUT2D eigenvalue weighted by atomic mass is 127. The highest BCUT2D eigenvalue weighted by Gasteiger charge is 2.26. The van der Waals surface area contributed by atoms with E-state index in [2.05, 4.69) is 48.6 Å². The molecule has 0 saturated heterocycles. The lowest BCUT2D eigenvalue weighted by atomic mass is 10.0. The zero-order valence-corrected chi connectivity index (χ0v) is 20.4. The van der Waals surface area contributed by atoms with E-state index >= 15 is 0 Å². The molecule has 10 heteroatoms. The van der Waals surface area contributed by atoms with Crippen molar-refractivity contribution in [2.45, 2.75) is 63.0 Å². The molecular weight excluding hydrogens is 511 g/mol. The van der Waals surface area contributed by atoms with Crippen LogP contribution in [0, 0.1) is 5.92 Å². The first-order valence-corrected chi connectivity index (χ1v) is 11.9. The number of amides is 3.